The third-order valence-corrected chi connectivity index (χ3v) is 5.61. The monoisotopic (exact) mass is 477 g/mol. The van der Waals surface area contributed by atoms with Gasteiger partial charge < -0.3 is 9.84 Å². The second-order valence-electron chi connectivity index (χ2n) is 7.11. The predicted octanol–water partition coefficient (Wildman–Crippen LogP) is 4.06. The Hall–Kier alpha value is -3.59. The number of hydrogen-bond acceptors (Lipinski definition) is 7. The number of amides is 2. The van der Waals surface area contributed by atoms with Gasteiger partial charge in [-0.2, -0.15) is 4.98 Å². The average Bonchev–Trinajstić information content (AvgIpc) is 3.30. The number of rotatable bonds is 5. The number of anilines is 1. The highest BCUT2D eigenvalue weighted by Gasteiger charge is 2.35. The number of benzene rings is 2. The zero-order chi connectivity index (χ0) is 21.5. The summed E-state index contributed by atoms with van der Waals surface area (Å²) < 4.78 is 5.84. The molecule has 0 saturated carbocycles. The van der Waals surface area contributed by atoms with Crippen molar-refractivity contribution in [1.82, 2.24) is 20.0 Å². The van der Waals surface area contributed by atoms with Gasteiger partial charge in [-0.1, -0.05) is 33.2 Å². The molecule has 5 rings (SSSR count). The van der Waals surface area contributed by atoms with Crippen LogP contribution in [0.5, 0.6) is 0 Å². The average molecular weight is 478 g/mol. The van der Waals surface area contributed by atoms with E-state index >= 15 is 0 Å². The second-order valence-corrected chi connectivity index (χ2v) is 8.03. The Balaban J connectivity index is 1.35. The molecule has 9 heteroatoms. The van der Waals surface area contributed by atoms with Crippen LogP contribution in [-0.4, -0.2) is 44.9 Å². The number of pyridine rings is 1. The van der Waals surface area contributed by atoms with Crippen molar-refractivity contribution >= 4 is 44.3 Å². The molecule has 0 saturated heterocycles. The van der Waals surface area contributed by atoms with Crippen LogP contribution >= 0.6 is 15.9 Å². The van der Waals surface area contributed by atoms with Gasteiger partial charge in [0.15, 0.2) is 0 Å². The fourth-order valence-corrected chi connectivity index (χ4v) is 3.98. The Labute approximate surface area is 185 Å². The molecule has 8 nitrogen and oxygen atoms in total. The Morgan fingerprint density at radius 2 is 1.90 bits per heavy atom. The number of nitrogens with zero attached hydrogens (tertiary/aromatic N) is 4. The molecule has 1 aliphatic rings. The van der Waals surface area contributed by atoms with E-state index in [2.05, 4.69) is 36.4 Å². The van der Waals surface area contributed by atoms with Gasteiger partial charge in [0, 0.05) is 41.6 Å². The first-order valence-corrected chi connectivity index (χ1v) is 10.4. The fourth-order valence-electron chi connectivity index (χ4n) is 3.62. The van der Waals surface area contributed by atoms with Gasteiger partial charge in [0.25, 0.3) is 11.8 Å². The van der Waals surface area contributed by atoms with Gasteiger partial charge in [0.05, 0.1) is 11.1 Å². The number of hydrogen-bond donors (Lipinski definition) is 1. The van der Waals surface area contributed by atoms with Crippen molar-refractivity contribution in [3.8, 4) is 11.4 Å². The lowest BCUT2D eigenvalue weighted by Gasteiger charge is -2.15. The second kappa shape index (κ2) is 7.59. The number of carbonyl (C=O) groups is 2. The summed E-state index contributed by atoms with van der Waals surface area (Å²) in [6, 6.07) is 12.8. The number of imide groups is 1. The van der Waals surface area contributed by atoms with Crippen LogP contribution in [0, 0.1) is 6.92 Å². The number of halogens is 1. The lowest BCUT2D eigenvalue weighted by molar-refractivity contribution is 0.0660. The number of fused-ring (bicyclic) bond motifs is 2. The van der Waals surface area contributed by atoms with Gasteiger partial charge in [-0.05, 0) is 35.7 Å². The van der Waals surface area contributed by atoms with Crippen LogP contribution in [0.2, 0.25) is 0 Å². The van der Waals surface area contributed by atoms with Crippen molar-refractivity contribution in [3.05, 3.63) is 70.2 Å². The Morgan fingerprint density at radius 1 is 1.06 bits per heavy atom. The molecular formula is C22H16BrN5O3. The quantitative estimate of drug-likeness (QED) is 0.432. The first-order valence-electron chi connectivity index (χ1n) is 9.60. The van der Waals surface area contributed by atoms with Crippen LogP contribution in [-0.2, 0) is 0 Å². The van der Waals surface area contributed by atoms with E-state index in [4.69, 9.17) is 4.52 Å². The van der Waals surface area contributed by atoms with Crippen LogP contribution in [0.25, 0.3) is 22.2 Å². The molecule has 2 aromatic carbocycles. The highest BCUT2D eigenvalue weighted by atomic mass is 79.9. The van der Waals surface area contributed by atoms with Gasteiger partial charge in [0.2, 0.25) is 11.7 Å². The van der Waals surface area contributed by atoms with Crippen molar-refractivity contribution in [2.75, 3.05) is 18.4 Å². The summed E-state index contributed by atoms with van der Waals surface area (Å²) in [5, 5.41) is 9.09. The molecule has 3 heterocycles. The Bertz CT molecular complexity index is 1350. The normalized spacial score (nSPS) is 13.2. The minimum absolute atomic E-state index is 0.228. The largest absolute Gasteiger partial charge is 0.368 e. The molecule has 1 N–H and O–H groups in total. The molecule has 2 aromatic heterocycles. The topological polar surface area (TPSA) is 101 Å². The van der Waals surface area contributed by atoms with Gasteiger partial charge in [-0.15, -0.1) is 0 Å². The Morgan fingerprint density at radius 3 is 2.71 bits per heavy atom. The standard InChI is InChI=1S/C22H16BrN5O3/c1-12-26-19(27-31-12)14-3-2-13-6-7-24-20(17(13)10-14)25-8-9-28-21(29)16-5-4-15(23)11-18(16)22(28)30/h2-7,10-11H,8-9H2,1H3,(H,24,25). The summed E-state index contributed by atoms with van der Waals surface area (Å²) in [6.45, 7) is 2.33. The van der Waals surface area contributed by atoms with Crippen LogP contribution in [0.1, 0.15) is 26.6 Å². The van der Waals surface area contributed by atoms with Crippen molar-refractivity contribution in [2.45, 2.75) is 6.92 Å². The van der Waals surface area contributed by atoms with E-state index in [-0.39, 0.29) is 18.4 Å². The molecule has 0 bridgehead atoms. The number of aryl methyl sites for hydroxylation is 1. The van der Waals surface area contributed by atoms with Gasteiger partial charge in [0.1, 0.15) is 5.82 Å². The van der Waals surface area contributed by atoms with E-state index < -0.39 is 0 Å². The maximum absolute atomic E-state index is 12.6. The minimum atomic E-state index is -0.288. The van der Waals surface area contributed by atoms with Crippen LogP contribution in [0.15, 0.2) is 57.7 Å². The maximum atomic E-state index is 12.6. The predicted molar refractivity (Wildman–Crippen MR) is 118 cm³/mol. The van der Waals surface area contributed by atoms with Gasteiger partial charge in [-0.3, -0.25) is 14.5 Å². The molecule has 1 aliphatic heterocycles. The van der Waals surface area contributed by atoms with E-state index in [0.717, 1.165) is 20.8 Å². The smallest absolute Gasteiger partial charge is 0.261 e. The van der Waals surface area contributed by atoms with Gasteiger partial charge in [-0.25, -0.2) is 4.98 Å². The maximum Gasteiger partial charge on any atom is 0.261 e. The third kappa shape index (κ3) is 3.46. The zero-order valence-corrected chi connectivity index (χ0v) is 18.0. The highest BCUT2D eigenvalue weighted by Crippen LogP contribution is 2.28. The molecule has 4 aromatic rings. The van der Waals surface area contributed by atoms with Crippen molar-refractivity contribution in [2.24, 2.45) is 0 Å². The van der Waals surface area contributed by atoms with E-state index in [1.165, 1.54) is 4.90 Å². The minimum Gasteiger partial charge on any atom is -0.368 e. The number of carbonyl (C=O) groups excluding carboxylic acids is 2. The lowest BCUT2D eigenvalue weighted by Crippen LogP contribution is -2.34. The molecule has 0 spiro atoms. The molecule has 0 atom stereocenters. The van der Waals surface area contributed by atoms with Crippen molar-refractivity contribution in [3.63, 3.8) is 0 Å². The summed E-state index contributed by atoms with van der Waals surface area (Å²) in [7, 11) is 0. The summed E-state index contributed by atoms with van der Waals surface area (Å²) in [4.78, 5) is 35.2. The van der Waals surface area contributed by atoms with E-state index in [1.807, 2.05) is 24.3 Å². The highest BCUT2D eigenvalue weighted by molar-refractivity contribution is 9.10. The summed E-state index contributed by atoms with van der Waals surface area (Å²) >= 11 is 3.34. The first kappa shape index (κ1) is 19.4. The molecular weight excluding hydrogens is 462 g/mol. The zero-order valence-electron chi connectivity index (χ0n) is 16.4. The third-order valence-electron chi connectivity index (χ3n) is 5.11. The van der Waals surface area contributed by atoms with E-state index in [0.29, 0.717) is 35.2 Å². The Kier molecular flexibility index (Phi) is 4.74. The molecule has 31 heavy (non-hydrogen) atoms. The number of nitrogens with one attached hydrogen (secondary N) is 1. The molecule has 2 amide bonds. The lowest BCUT2D eigenvalue weighted by atomic mass is 10.1. The molecule has 0 unspecified atom stereocenters. The van der Waals surface area contributed by atoms with E-state index in [9.17, 15) is 9.59 Å². The van der Waals surface area contributed by atoms with Crippen LogP contribution in [0.4, 0.5) is 5.82 Å². The summed E-state index contributed by atoms with van der Waals surface area (Å²) in [5.41, 5.74) is 1.66. The molecule has 0 fully saturated rings. The fraction of sp³-hybridized carbons (Fsp3) is 0.136. The van der Waals surface area contributed by atoms with E-state index in [1.54, 1.807) is 31.3 Å². The van der Waals surface area contributed by atoms with Crippen LogP contribution in [0.3, 0.4) is 0 Å². The summed E-state index contributed by atoms with van der Waals surface area (Å²) in [5.74, 6) is 1.08. The summed E-state index contributed by atoms with van der Waals surface area (Å²) in [6.07, 6.45) is 1.71. The van der Waals surface area contributed by atoms with Crippen LogP contribution < -0.4 is 5.32 Å². The SMILES string of the molecule is Cc1nc(-c2ccc3ccnc(NCCN4C(=O)c5ccc(Br)cc5C4=O)c3c2)no1. The molecule has 0 aliphatic carbocycles. The molecule has 0 radical (unpaired) electrons. The number of aromatic nitrogens is 3. The van der Waals surface area contributed by atoms with Crippen molar-refractivity contribution < 1.29 is 14.1 Å². The van der Waals surface area contributed by atoms with Crippen molar-refractivity contribution in [1.29, 1.82) is 0 Å². The van der Waals surface area contributed by atoms with Gasteiger partial charge >= 0.3 is 0 Å². The molecule has 154 valence electrons. The first-order chi connectivity index (χ1) is 15.0.